The first kappa shape index (κ1) is 56.2. The maximum Gasteiger partial charge on any atom is 0 e. The fourth-order valence-corrected chi connectivity index (χ4v) is 0. The zero-order valence-corrected chi connectivity index (χ0v) is 5.04. The Morgan fingerprint density at radius 1 is 1.00 bits per heavy atom. The van der Waals surface area contributed by atoms with E-state index in [9.17, 15) is 0 Å². The van der Waals surface area contributed by atoms with Crippen LogP contribution in [0.2, 0.25) is 0 Å². The summed E-state index contributed by atoms with van der Waals surface area (Å²) in [5.41, 5.74) is 0. The van der Waals surface area contributed by atoms with Gasteiger partial charge in [-0.3, -0.25) is 0 Å². The van der Waals surface area contributed by atoms with Crippen LogP contribution in [0.5, 0.6) is 0 Å². The number of hydrogen-bond donors (Lipinski definition) is 1. The maximum absolute atomic E-state index is 0. The first-order chi connectivity index (χ1) is 0. The van der Waals surface area contributed by atoms with Gasteiger partial charge in [-0.05, 0) is 0 Å². The summed E-state index contributed by atoms with van der Waals surface area (Å²) in [6.45, 7) is 0. The van der Waals surface area contributed by atoms with Crippen LogP contribution in [0.25, 0.3) is 0 Å². The van der Waals surface area contributed by atoms with Gasteiger partial charge >= 0.3 is 0 Å². The molecule has 0 saturated heterocycles. The Kier molecular flexibility index (Phi) is 380. The summed E-state index contributed by atoms with van der Waals surface area (Å²) < 4.78 is 0. The quantitative estimate of drug-likeness (QED) is 0.515. The largest absolute Gasteiger partial charge is 0.344 e. The van der Waals surface area contributed by atoms with Crippen LogP contribution in [0.1, 0.15) is 0 Å². The zero-order chi connectivity index (χ0) is 0. The molecule has 0 unspecified atom stereocenters. The van der Waals surface area contributed by atoms with E-state index in [1.165, 1.54) is 0 Å². The molecule has 0 aromatic heterocycles. The zero-order valence-electron chi connectivity index (χ0n) is 1.89. The van der Waals surface area contributed by atoms with Crippen molar-refractivity contribution in [2.45, 2.75) is 0 Å². The molecular formula is H5CoFeNS. The minimum absolute atomic E-state index is 0. The summed E-state index contributed by atoms with van der Waals surface area (Å²) in [5, 5.41) is 0. The number of hydrogen-bond acceptors (Lipinski definition) is 1. The van der Waals surface area contributed by atoms with E-state index in [2.05, 4.69) is 0 Å². The van der Waals surface area contributed by atoms with Gasteiger partial charge in [0.15, 0.2) is 0 Å². The molecule has 3 N–H and O–H groups in total. The Hall–Kier alpha value is 1.34. The molecule has 0 bridgehead atoms. The average Bonchev–Trinajstić information content (AvgIpc) is 0. The Labute approximate surface area is 53.6 Å². The van der Waals surface area contributed by atoms with Crippen LogP contribution in [0.15, 0.2) is 0 Å². The summed E-state index contributed by atoms with van der Waals surface area (Å²) in [7, 11) is 0. The van der Waals surface area contributed by atoms with Gasteiger partial charge < -0.3 is 6.15 Å². The van der Waals surface area contributed by atoms with Crippen LogP contribution < -0.4 is 6.15 Å². The van der Waals surface area contributed by atoms with Crippen molar-refractivity contribution >= 4 is 13.5 Å². The fraction of sp³-hybridized carbons (Fsp3) is 0. The molecule has 4 heavy (non-hydrogen) atoms. The van der Waals surface area contributed by atoms with Crippen molar-refractivity contribution in [3.8, 4) is 0 Å². The smallest absolute Gasteiger partial charge is 0 e. The van der Waals surface area contributed by atoms with Gasteiger partial charge in [-0.25, -0.2) is 0 Å². The third-order valence-corrected chi connectivity index (χ3v) is 0. The van der Waals surface area contributed by atoms with Crippen LogP contribution in [0.3, 0.4) is 0 Å². The van der Waals surface area contributed by atoms with Gasteiger partial charge in [0.05, 0.1) is 0 Å². The Morgan fingerprint density at radius 2 is 1.00 bits per heavy atom. The molecule has 0 spiro atoms. The molecule has 1 nitrogen and oxygen atoms in total. The molecule has 0 aliphatic heterocycles. The summed E-state index contributed by atoms with van der Waals surface area (Å²) >= 11 is 0. The van der Waals surface area contributed by atoms with Gasteiger partial charge in [0, 0.05) is 33.8 Å². The minimum atomic E-state index is 0. The predicted molar refractivity (Wildman–Crippen MR) is 15.4 cm³/mol. The van der Waals surface area contributed by atoms with Crippen molar-refractivity contribution < 1.29 is 33.8 Å². The van der Waals surface area contributed by atoms with Gasteiger partial charge in [0.2, 0.25) is 0 Å². The Balaban J connectivity index is 0. The van der Waals surface area contributed by atoms with Crippen molar-refractivity contribution in [2.75, 3.05) is 0 Å². The van der Waals surface area contributed by atoms with E-state index in [0.29, 0.717) is 0 Å². The van der Waals surface area contributed by atoms with Crippen molar-refractivity contribution in [1.29, 1.82) is 0 Å². The second-order valence-corrected chi connectivity index (χ2v) is 0. The monoisotopic (exact) mass is 166 g/mol. The van der Waals surface area contributed by atoms with Gasteiger partial charge in [0.25, 0.3) is 0 Å². The minimum Gasteiger partial charge on any atom is -0.344 e. The molecule has 0 aliphatic rings. The first-order valence-electron chi connectivity index (χ1n) is 0. The van der Waals surface area contributed by atoms with E-state index in [-0.39, 0.29) is 53.5 Å². The van der Waals surface area contributed by atoms with Gasteiger partial charge in [-0.2, -0.15) is 13.5 Å². The van der Waals surface area contributed by atoms with Gasteiger partial charge in [-0.1, -0.05) is 0 Å². The maximum atomic E-state index is 0. The van der Waals surface area contributed by atoms with Crippen molar-refractivity contribution in [2.24, 2.45) is 0 Å². The van der Waals surface area contributed by atoms with E-state index >= 15 is 0 Å². The standard InChI is InChI=1S/Co.Fe.H3N.H2S/h;;1H3;1H2. The van der Waals surface area contributed by atoms with E-state index in [4.69, 9.17) is 0 Å². The molecule has 4 heteroatoms. The molecule has 0 fully saturated rings. The fourth-order valence-electron chi connectivity index (χ4n) is 0. The third kappa shape index (κ3) is 10.2. The normalized spacial score (nSPS) is 0. The summed E-state index contributed by atoms with van der Waals surface area (Å²) in [6, 6.07) is 0. The summed E-state index contributed by atoms with van der Waals surface area (Å²) in [4.78, 5) is 0. The van der Waals surface area contributed by atoms with Crippen LogP contribution in [-0.2, 0) is 33.8 Å². The van der Waals surface area contributed by atoms with Crippen LogP contribution in [0, 0.1) is 0 Å². The third-order valence-electron chi connectivity index (χ3n) is 0. The molecule has 1 radical (unpaired) electrons. The summed E-state index contributed by atoms with van der Waals surface area (Å²) in [6.07, 6.45) is 0. The second kappa shape index (κ2) is 27.0. The Morgan fingerprint density at radius 3 is 1.00 bits per heavy atom. The van der Waals surface area contributed by atoms with Gasteiger partial charge in [0.1, 0.15) is 0 Å². The van der Waals surface area contributed by atoms with Gasteiger partial charge in [-0.15, -0.1) is 0 Å². The van der Waals surface area contributed by atoms with Crippen LogP contribution >= 0.6 is 13.5 Å². The number of rotatable bonds is 0. The van der Waals surface area contributed by atoms with Crippen molar-refractivity contribution in [3.63, 3.8) is 0 Å². The van der Waals surface area contributed by atoms with E-state index in [1.807, 2.05) is 0 Å². The molecular weight excluding hydrogens is 161 g/mol. The van der Waals surface area contributed by atoms with Crippen LogP contribution in [-0.4, -0.2) is 0 Å². The topological polar surface area (TPSA) is 35.0 Å². The molecule has 0 atom stereocenters. The van der Waals surface area contributed by atoms with Crippen molar-refractivity contribution in [1.82, 2.24) is 6.15 Å². The van der Waals surface area contributed by atoms with E-state index < -0.39 is 0 Å². The van der Waals surface area contributed by atoms with Crippen LogP contribution in [0.4, 0.5) is 0 Å². The molecule has 0 amide bonds. The predicted octanol–water partition coefficient (Wildman–Crippen LogP) is 0.270. The Bertz CT molecular complexity index is 8.00. The van der Waals surface area contributed by atoms with Crippen molar-refractivity contribution in [3.05, 3.63) is 0 Å². The summed E-state index contributed by atoms with van der Waals surface area (Å²) in [5.74, 6) is 0. The molecule has 0 aromatic carbocycles. The van der Waals surface area contributed by atoms with E-state index in [1.54, 1.807) is 0 Å². The molecule has 0 aromatic rings. The first-order valence-corrected chi connectivity index (χ1v) is 0. The average molecular weight is 166 g/mol. The second-order valence-electron chi connectivity index (χ2n) is 0. The molecule has 0 saturated carbocycles. The molecule has 0 aliphatic carbocycles. The SMILES string of the molecule is N.S.[Co].[Fe]. The van der Waals surface area contributed by atoms with E-state index in [0.717, 1.165) is 0 Å². The molecule has 0 heterocycles. The molecule has 0 rings (SSSR count). The molecule has 33 valence electrons.